The molecule has 2 heterocycles. The van der Waals surface area contributed by atoms with Crippen LogP contribution in [0.5, 0.6) is 0 Å². The molecule has 0 spiro atoms. The van der Waals surface area contributed by atoms with Gasteiger partial charge in [0.15, 0.2) is 0 Å². The second-order valence-corrected chi connectivity index (χ2v) is 5.83. The van der Waals surface area contributed by atoms with E-state index in [-0.39, 0.29) is 11.9 Å². The topological polar surface area (TPSA) is 37.3 Å². The predicted octanol–water partition coefficient (Wildman–Crippen LogP) is 2.68. The largest absolute Gasteiger partial charge is 0.348 e. The number of fused-ring (bicyclic) bond motifs is 1. The van der Waals surface area contributed by atoms with E-state index in [1.54, 1.807) is 0 Å². The maximum Gasteiger partial charge on any atom is 0.237 e. The van der Waals surface area contributed by atoms with Crippen LogP contribution in [-0.2, 0) is 11.3 Å². The minimum Gasteiger partial charge on any atom is -0.348 e. The van der Waals surface area contributed by atoms with Gasteiger partial charge in [-0.15, -0.1) is 0 Å². The van der Waals surface area contributed by atoms with Gasteiger partial charge in [0.2, 0.25) is 5.91 Å². The molecule has 1 aromatic heterocycles. The molecule has 0 saturated heterocycles. The lowest BCUT2D eigenvalue weighted by Gasteiger charge is -2.37. The van der Waals surface area contributed by atoms with Crippen LogP contribution < -0.4 is 5.32 Å². The quantitative estimate of drug-likeness (QED) is 0.941. The third-order valence-electron chi connectivity index (χ3n) is 4.08. The molecule has 0 aliphatic carbocycles. The third-order valence-corrected chi connectivity index (χ3v) is 4.43. The molecule has 0 saturated carbocycles. The fraction of sp³-hybridized carbons (Fsp3) is 0.353. The molecule has 5 heteroatoms. The predicted molar refractivity (Wildman–Crippen MR) is 88.0 cm³/mol. The molecule has 116 valence electrons. The van der Waals surface area contributed by atoms with Gasteiger partial charge in [-0.2, -0.15) is 0 Å². The number of rotatable bonds is 4. The molecule has 4 nitrogen and oxygen atoms in total. The van der Waals surface area contributed by atoms with Crippen molar-refractivity contribution in [2.75, 3.05) is 19.6 Å². The van der Waals surface area contributed by atoms with Gasteiger partial charge < -0.3 is 14.8 Å². The Bertz CT molecular complexity index is 667. The molecule has 1 unspecified atom stereocenters. The summed E-state index contributed by atoms with van der Waals surface area (Å²) in [5.74, 6) is 0.110. The van der Waals surface area contributed by atoms with E-state index in [1.807, 2.05) is 42.2 Å². The van der Waals surface area contributed by atoms with Crippen molar-refractivity contribution in [2.45, 2.75) is 19.5 Å². The summed E-state index contributed by atoms with van der Waals surface area (Å²) >= 11 is 6.40. The highest BCUT2D eigenvalue weighted by molar-refractivity contribution is 6.31. The van der Waals surface area contributed by atoms with Crippen LogP contribution in [0.1, 0.15) is 24.2 Å². The van der Waals surface area contributed by atoms with Crippen molar-refractivity contribution in [1.29, 1.82) is 0 Å². The Morgan fingerprint density at radius 3 is 2.86 bits per heavy atom. The minimum atomic E-state index is -0.122. The van der Waals surface area contributed by atoms with Crippen LogP contribution in [0, 0.1) is 0 Å². The smallest absolute Gasteiger partial charge is 0.237 e. The number of likely N-dealkylation sites (N-methyl/N-ethyl adjacent to an activating group) is 1. The van der Waals surface area contributed by atoms with E-state index in [9.17, 15) is 4.79 Å². The molecule has 3 rings (SSSR count). The van der Waals surface area contributed by atoms with Gasteiger partial charge in [-0.1, -0.05) is 36.7 Å². The van der Waals surface area contributed by atoms with Crippen LogP contribution in [0.3, 0.4) is 0 Å². The van der Waals surface area contributed by atoms with Crippen LogP contribution in [0.25, 0.3) is 0 Å². The number of carbonyl (C=O) groups is 1. The van der Waals surface area contributed by atoms with Crippen molar-refractivity contribution in [3.63, 3.8) is 0 Å². The van der Waals surface area contributed by atoms with Gasteiger partial charge in [0.25, 0.3) is 0 Å². The van der Waals surface area contributed by atoms with Crippen molar-refractivity contribution in [3.8, 4) is 0 Å². The summed E-state index contributed by atoms with van der Waals surface area (Å²) in [6.07, 6.45) is 2.06. The molecule has 2 aromatic rings. The highest BCUT2D eigenvalue weighted by Crippen LogP contribution is 2.35. The van der Waals surface area contributed by atoms with Crippen LogP contribution in [0.2, 0.25) is 5.02 Å². The second-order valence-electron chi connectivity index (χ2n) is 5.42. The third kappa shape index (κ3) is 2.76. The average molecular weight is 318 g/mol. The molecule has 0 fully saturated rings. The normalized spacial score (nSPS) is 17.4. The van der Waals surface area contributed by atoms with E-state index in [0.717, 1.165) is 24.3 Å². The SMILES string of the molecule is CCNCC(=O)N1CCn2cccc2C1c1ccccc1Cl. The molecule has 1 N–H and O–H groups in total. The standard InChI is InChI=1S/C17H20ClN3O/c1-2-19-12-16(22)21-11-10-20-9-5-8-15(20)17(21)13-6-3-4-7-14(13)18/h3-9,17,19H,2,10-12H2,1H3. The Hall–Kier alpha value is -1.78. The molecule has 1 aliphatic rings. The first-order chi connectivity index (χ1) is 10.7. The van der Waals surface area contributed by atoms with E-state index in [1.165, 1.54) is 0 Å². The summed E-state index contributed by atoms with van der Waals surface area (Å²) < 4.78 is 2.20. The zero-order chi connectivity index (χ0) is 15.5. The zero-order valence-electron chi connectivity index (χ0n) is 12.6. The lowest BCUT2D eigenvalue weighted by Crippen LogP contribution is -2.46. The Labute approximate surface area is 135 Å². The van der Waals surface area contributed by atoms with Crippen molar-refractivity contribution in [1.82, 2.24) is 14.8 Å². The van der Waals surface area contributed by atoms with Crippen molar-refractivity contribution < 1.29 is 4.79 Å². The Morgan fingerprint density at radius 2 is 2.09 bits per heavy atom. The second kappa shape index (κ2) is 6.55. The zero-order valence-corrected chi connectivity index (χ0v) is 13.4. The van der Waals surface area contributed by atoms with E-state index in [4.69, 9.17) is 11.6 Å². The Balaban J connectivity index is 2.00. The summed E-state index contributed by atoms with van der Waals surface area (Å²) in [7, 11) is 0. The monoisotopic (exact) mass is 317 g/mol. The number of carbonyl (C=O) groups excluding carboxylic acids is 1. The molecule has 1 amide bonds. The van der Waals surface area contributed by atoms with Gasteiger partial charge in [-0.3, -0.25) is 4.79 Å². The van der Waals surface area contributed by atoms with E-state index < -0.39 is 0 Å². The molecular formula is C17H20ClN3O. The van der Waals surface area contributed by atoms with E-state index >= 15 is 0 Å². The van der Waals surface area contributed by atoms with Crippen LogP contribution in [-0.4, -0.2) is 35.0 Å². The number of benzene rings is 1. The highest BCUT2D eigenvalue weighted by Gasteiger charge is 2.32. The summed E-state index contributed by atoms with van der Waals surface area (Å²) in [6.45, 7) is 4.66. The van der Waals surface area contributed by atoms with Crippen molar-refractivity contribution in [3.05, 3.63) is 58.9 Å². The molecule has 1 aromatic carbocycles. The minimum absolute atomic E-state index is 0.110. The van der Waals surface area contributed by atoms with Gasteiger partial charge in [0.1, 0.15) is 0 Å². The maximum atomic E-state index is 12.6. The van der Waals surface area contributed by atoms with Crippen LogP contribution in [0.15, 0.2) is 42.6 Å². The number of aromatic nitrogens is 1. The van der Waals surface area contributed by atoms with Gasteiger partial charge in [-0.25, -0.2) is 0 Å². The molecule has 22 heavy (non-hydrogen) atoms. The van der Waals surface area contributed by atoms with E-state index in [2.05, 4.69) is 22.1 Å². The summed E-state index contributed by atoms with van der Waals surface area (Å²) in [6, 6.07) is 11.7. The summed E-state index contributed by atoms with van der Waals surface area (Å²) in [5.41, 5.74) is 2.10. The van der Waals surface area contributed by atoms with Crippen molar-refractivity contribution >= 4 is 17.5 Å². The number of nitrogens with zero attached hydrogens (tertiary/aromatic N) is 2. The van der Waals surface area contributed by atoms with Crippen LogP contribution >= 0.6 is 11.6 Å². The van der Waals surface area contributed by atoms with E-state index in [0.29, 0.717) is 18.1 Å². The lowest BCUT2D eigenvalue weighted by atomic mass is 9.99. The number of amides is 1. The number of hydrogen-bond acceptors (Lipinski definition) is 2. The molecule has 0 radical (unpaired) electrons. The van der Waals surface area contributed by atoms with Crippen molar-refractivity contribution in [2.24, 2.45) is 0 Å². The van der Waals surface area contributed by atoms with Gasteiger partial charge >= 0.3 is 0 Å². The highest BCUT2D eigenvalue weighted by atomic mass is 35.5. The van der Waals surface area contributed by atoms with Crippen LogP contribution in [0.4, 0.5) is 0 Å². The number of nitrogens with one attached hydrogen (secondary N) is 1. The average Bonchev–Trinajstić information content (AvgIpc) is 3.01. The Kier molecular flexibility index (Phi) is 4.50. The fourth-order valence-corrected chi connectivity index (χ4v) is 3.25. The first kappa shape index (κ1) is 15.1. The summed E-state index contributed by atoms with van der Waals surface area (Å²) in [5, 5.41) is 3.82. The molecule has 1 aliphatic heterocycles. The fourth-order valence-electron chi connectivity index (χ4n) is 3.01. The van der Waals surface area contributed by atoms with Gasteiger partial charge in [-0.05, 0) is 30.3 Å². The maximum absolute atomic E-state index is 12.6. The molecule has 0 bridgehead atoms. The number of halogens is 1. The molecular weight excluding hydrogens is 298 g/mol. The van der Waals surface area contributed by atoms with Gasteiger partial charge in [0.05, 0.1) is 12.6 Å². The summed E-state index contributed by atoms with van der Waals surface area (Å²) in [4.78, 5) is 14.5. The lowest BCUT2D eigenvalue weighted by molar-refractivity contribution is -0.132. The first-order valence-electron chi connectivity index (χ1n) is 7.62. The van der Waals surface area contributed by atoms with Gasteiger partial charge in [0, 0.05) is 30.0 Å². The number of hydrogen-bond donors (Lipinski definition) is 1. The first-order valence-corrected chi connectivity index (χ1v) is 7.99. The Morgan fingerprint density at radius 1 is 1.27 bits per heavy atom. The molecule has 1 atom stereocenters.